The van der Waals surface area contributed by atoms with Gasteiger partial charge >= 0.3 is 0 Å². The van der Waals surface area contributed by atoms with E-state index in [0.717, 1.165) is 11.1 Å². The first-order valence-electron chi connectivity index (χ1n) is 2.81. The van der Waals surface area contributed by atoms with Crippen LogP contribution >= 0.6 is 0 Å². The highest BCUT2D eigenvalue weighted by molar-refractivity contribution is 5.48. The normalized spacial score (nSPS) is 9.00. The van der Waals surface area contributed by atoms with Crippen molar-refractivity contribution >= 4 is 6.08 Å². The Morgan fingerprint density at radius 3 is 2.67 bits per heavy atom. The van der Waals surface area contributed by atoms with Gasteiger partial charge in [0.2, 0.25) is 0 Å². The Morgan fingerprint density at radius 1 is 1.44 bits per heavy atom. The summed E-state index contributed by atoms with van der Waals surface area (Å²) in [6.07, 6.45) is 1.77. The molecule has 1 aromatic rings. The minimum absolute atomic E-state index is 0.785. The maximum Gasteiger partial charge on any atom is -0.00118 e. The topological polar surface area (TPSA) is 0 Å². The summed E-state index contributed by atoms with van der Waals surface area (Å²) in [5.41, 5.74) is 1.85. The van der Waals surface area contributed by atoms with Gasteiger partial charge in [0.25, 0.3) is 0 Å². The van der Waals surface area contributed by atoms with Crippen LogP contribution in [0.25, 0.3) is 6.08 Å². The maximum absolute atomic E-state index is 5.49. The fourth-order valence-electron chi connectivity index (χ4n) is 0.686. The Hall–Kier alpha value is -1.04. The zero-order chi connectivity index (χ0) is 6.69. The van der Waals surface area contributed by atoms with Gasteiger partial charge in [0.05, 0.1) is 0 Å². The predicted molar refractivity (Wildman–Crippen MR) is 39.9 cm³/mol. The molecule has 0 aliphatic carbocycles. The molecule has 0 saturated heterocycles. The molecule has 0 heteroatoms. The predicted octanol–water partition coefficient (Wildman–Crippen LogP) is 2.39. The van der Waals surface area contributed by atoms with Crippen molar-refractivity contribution in [3.8, 4) is 0 Å². The second kappa shape index (κ2) is 2.49. The van der Waals surface area contributed by atoms with Crippen molar-refractivity contribution in [2.24, 2.45) is 0 Å². The number of hydrogen-bond donors (Lipinski definition) is 0. The van der Waals surface area contributed by atoms with E-state index in [-0.39, 0.29) is 0 Å². The molecule has 0 spiro atoms. The van der Waals surface area contributed by atoms with Crippen LogP contribution in [0.2, 0.25) is 0 Å². The number of rotatable bonds is 1. The van der Waals surface area contributed by atoms with Gasteiger partial charge in [-0.05, 0) is 18.1 Å². The molecule has 0 nitrogen and oxygen atoms in total. The van der Waals surface area contributed by atoms with E-state index in [0.29, 0.717) is 0 Å². The highest BCUT2D eigenvalue weighted by Crippen LogP contribution is 2.03. The zero-order valence-electron chi connectivity index (χ0n) is 5.17. The molecular formula is C9H8. The molecule has 0 atom stereocenters. The van der Waals surface area contributed by atoms with Crippen LogP contribution < -0.4 is 0 Å². The van der Waals surface area contributed by atoms with Gasteiger partial charge in [0, 0.05) is 0 Å². The van der Waals surface area contributed by atoms with E-state index < -0.39 is 0 Å². The van der Waals surface area contributed by atoms with Gasteiger partial charge in [-0.3, -0.25) is 0 Å². The summed E-state index contributed by atoms with van der Waals surface area (Å²) in [5, 5.41) is 0. The lowest BCUT2D eigenvalue weighted by atomic mass is 10.1. The summed E-state index contributed by atoms with van der Waals surface area (Å²) < 4.78 is 0. The smallest absolute Gasteiger partial charge is 0.00118 e. The Labute approximate surface area is 55.8 Å². The maximum atomic E-state index is 5.49. The molecule has 1 rings (SSSR count). The molecular weight excluding hydrogens is 108 g/mol. The van der Waals surface area contributed by atoms with Crippen molar-refractivity contribution < 1.29 is 0 Å². The van der Waals surface area contributed by atoms with Gasteiger partial charge in [-0.1, -0.05) is 36.9 Å². The minimum atomic E-state index is 0.785. The molecule has 0 amide bonds. The van der Waals surface area contributed by atoms with Crippen LogP contribution in [-0.2, 0) is 0 Å². The second-order valence-electron chi connectivity index (χ2n) is 1.87. The summed E-state index contributed by atoms with van der Waals surface area (Å²) >= 11 is 0. The van der Waals surface area contributed by atoms with E-state index in [1.807, 2.05) is 24.3 Å². The fourth-order valence-corrected chi connectivity index (χ4v) is 0.686. The molecule has 0 aliphatic heterocycles. The average Bonchev–Trinajstić information content (AvgIpc) is 1.88. The van der Waals surface area contributed by atoms with E-state index in [1.54, 1.807) is 6.08 Å². The third-order valence-electron chi connectivity index (χ3n) is 1.15. The lowest BCUT2D eigenvalue weighted by Crippen LogP contribution is -1.72. The molecule has 9 heavy (non-hydrogen) atoms. The minimum Gasteiger partial charge on any atom is -0.0985 e. The molecule has 44 valence electrons. The number of hydrogen-bond acceptors (Lipinski definition) is 0. The van der Waals surface area contributed by atoms with Crippen LogP contribution in [0.1, 0.15) is 11.1 Å². The molecule has 0 N–H and O–H groups in total. The van der Waals surface area contributed by atoms with Gasteiger partial charge < -0.3 is 0 Å². The molecule has 0 fully saturated rings. The molecule has 0 aromatic heterocycles. The van der Waals surface area contributed by atoms with Crippen LogP contribution in [0, 0.1) is 6.92 Å². The quantitative estimate of drug-likeness (QED) is 0.528. The van der Waals surface area contributed by atoms with Crippen LogP contribution in [0.15, 0.2) is 30.8 Å². The monoisotopic (exact) mass is 116 g/mol. The zero-order valence-corrected chi connectivity index (χ0v) is 5.17. The van der Waals surface area contributed by atoms with Crippen molar-refractivity contribution in [1.82, 2.24) is 0 Å². The Bertz CT molecular complexity index is 211. The molecule has 0 unspecified atom stereocenters. The first-order valence-corrected chi connectivity index (χ1v) is 2.81. The SMILES string of the molecule is [CH]c1cccc(C=C)c1. The molecule has 0 saturated carbocycles. The number of benzene rings is 1. The Balaban J connectivity index is 3.07. The van der Waals surface area contributed by atoms with E-state index in [4.69, 9.17) is 6.92 Å². The highest BCUT2D eigenvalue weighted by Gasteiger charge is 1.83. The summed E-state index contributed by atoms with van der Waals surface area (Å²) in [4.78, 5) is 0. The van der Waals surface area contributed by atoms with Gasteiger partial charge in [-0.2, -0.15) is 0 Å². The summed E-state index contributed by atoms with van der Waals surface area (Å²) in [6, 6.07) is 7.61. The van der Waals surface area contributed by atoms with E-state index in [2.05, 4.69) is 6.58 Å². The van der Waals surface area contributed by atoms with Crippen LogP contribution in [0.5, 0.6) is 0 Å². The summed E-state index contributed by atoms with van der Waals surface area (Å²) in [7, 11) is 0. The van der Waals surface area contributed by atoms with E-state index in [9.17, 15) is 0 Å². The summed E-state index contributed by atoms with van der Waals surface area (Å²) in [6.45, 7) is 9.10. The van der Waals surface area contributed by atoms with Gasteiger partial charge in [-0.25, -0.2) is 0 Å². The van der Waals surface area contributed by atoms with Crippen molar-refractivity contribution in [1.29, 1.82) is 0 Å². The molecule has 2 radical (unpaired) electrons. The Morgan fingerprint density at radius 2 is 2.22 bits per heavy atom. The average molecular weight is 116 g/mol. The largest absolute Gasteiger partial charge is 0.0985 e. The van der Waals surface area contributed by atoms with Crippen molar-refractivity contribution in [2.45, 2.75) is 0 Å². The third-order valence-corrected chi connectivity index (χ3v) is 1.15. The lowest BCUT2D eigenvalue weighted by Gasteiger charge is -1.91. The van der Waals surface area contributed by atoms with Crippen LogP contribution in [0.4, 0.5) is 0 Å². The van der Waals surface area contributed by atoms with Crippen LogP contribution in [0.3, 0.4) is 0 Å². The van der Waals surface area contributed by atoms with Gasteiger partial charge in [0.15, 0.2) is 0 Å². The first kappa shape index (κ1) is 6.09. The van der Waals surface area contributed by atoms with Crippen molar-refractivity contribution in [2.75, 3.05) is 0 Å². The van der Waals surface area contributed by atoms with Crippen molar-refractivity contribution in [3.63, 3.8) is 0 Å². The van der Waals surface area contributed by atoms with Gasteiger partial charge in [-0.15, -0.1) is 0 Å². The lowest BCUT2D eigenvalue weighted by molar-refractivity contribution is 1.58. The molecule has 0 bridgehead atoms. The van der Waals surface area contributed by atoms with Gasteiger partial charge in [0.1, 0.15) is 0 Å². The second-order valence-corrected chi connectivity index (χ2v) is 1.87. The summed E-state index contributed by atoms with van der Waals surface area (Å²) in [5.74, 6) is 0. The van der Waals surface area contributed by atoms with Crippen LogP contribution in [-0.4, -0.2) is 0 Å². The highest BCUT2D eigenvalue weighted by atomic mass is 13.9. The molecule has 0 heterocycles. The first-order chi connectivity index (χ1) is 4.33. The third kappa shape index (κ3) is 1.43. The van der Waals surface area contributed by atoms with E-state index >= 15 is 0 Å². The fraction of sp³-hybridized carbons (Fsp3) is 0. The molecule has 1 aromatic carbocycles. The van der Waals surface area contributed by atoms with Crippen molar-refractivity contribution in [3.05, 3.63) is 48.9 Å². The Kier molecular flexibility index (Phi) is 1.69. The molecule has 0 aliphatic rings. The van der Waals surface area contributed by atoms with E-state index in [1.165, 1.54) is 0 Å². The standard InChI is InChI=1S/C9H8/c1-3-9-6-4-5-8(2)7-9/h2-7H,1H2.